The molecule has 0 aromatic heterocycles. The molecular formula is C14H21ClN2O. The molecule has 18 heavy (non-hydrogen) atoms. The van der Waals surface area contributed by atoms with Gasteiger partial charge in [-0.25, -0.2) is 0 Å². The molecule has 1 aromatic rings. The Morgan fingerprint density at radius 3 is 2.56 bits per heavy atom. The summed E-state index contributed by atoms with van der Waals surface area (Å²) in [4.78, 5) is 14.0. The normalized spacial score (nSPS) is 12.1. The van der Waals surface area contributed by atoms with E-state index in [9.17, 15) is 4.79 Å². The fraction of sp³-hybridized carbons (Fsp3) is 0.500. The largest absolute Gasteiger partial charge is 0.374 e. The predicted molar refractivity (Wildman–Crippen MR) is 77.2 cm³/mol. The first-order valence-corrected chi connectivity index (χ1v) is 6.69. The molecule has 1 unspecified atom stereocenters. The number of hydrogen-bond donors (Lipinski definition) is 1. The van der Waals surface area contributed by atoms with Gasteiger partial charge in [-0.2, -0.15) is 0 Å². The fourth-order valence-corrected chi connectivity index (χ4v) is 2.04. The first kappa shape index (κ1) is 14.8. The molecule has 3 nitrogen and oxygen atoms in total. The van der Waals surface area contributed by atoms with Crippen LogP contribution >= 0.6 is 11.6 Å². The second-order valence-corrected chi connectivity index (χ2v) is 4.70. The van der Waals surface area contributed by atoms with Crippen LogP contribution < -0.4 is 5.32 Å². The highest BCUT2D eigenvalue weighted by Gasteiger charge is 2.18. The maximum Gasteiger partial charge on any atom is 0.244 e. The molecule has 0 saturated carbocycles. The van der Waals surface area contributed by atoms with Gasteiger partial charge in [0.15, 0.2) is 0 Å². The average molecular weight is 269 g/mol. The summed E-state index contributed by atoms with van der Waals surface area (Å²) in [6.07, 6.45) is 0. The van der Waals surface area contributed by atoms with Crippen LogP contribution in [0.1, 0.15) is 26.3 Å². The number of rotatable bonds is 5. The van der Waals surface area contributed by atoms with Crippen LogP contribution in [0.4, 0.5) is 5.69 Å². The fourth-order valence-electron chi connectivity index (χ4n) is 1.87. The van der Waals surface area contributed by atoms with Crippen LogP contribution in [0, 0.1) is 6.92 Å². The van der Waals surface area contributed by atoms with Crippen molar-refractivity contribution in [1.29, 1.82) is 0 Å². The summed E-state index contributed by atoms with van der Waals surface area (Å²) in [6, 6.07) is 5.42. The van der Waals surface area contributed by atoms with Gasteiger partial charge in [0.25, 0.3) is 0 Å². The lowest BCUT2D eigenvalue weighted by Crippen LogP contribution is -2.41. The number of halogens is 1. The SMILES string of the molecule is CCN(CC)C(=O)C(C)Nc1cccc(Cl)c1C. The minimum absolute atomic E-state index is 0.111. The van der Waals surface area contributed by atoms with Crippen LogP contribution in [0.25, 0.3) is 0 Å². The zero-order valence-corrected chi connectivity index (χ0v) is 12.2. The Kier molecular flexibility index (Phi) is 5.48. The highest BCUT2D eigenvalue weighted by atomic mass is 35.5. The smallest absolute Gasteiger partial charge is 0.244 e. The van der Waals surface area contributed by atoms with E-state index in [4.69, 9.17) is 11.6 Å². The Bertz CT molecular complexity index is 416. The maximum atomic E-state index is 12.1. The minimum atomic E-state index is -0.248. The molecule has 0 fully saturated rings. The zero-order valence-electron chi connectivity index (χ0n) is 11.5. The van der Waals surface area contributed by atoms with Crippen LogP contribution in [0.15, 0.2) is 18.2 Å². The molecule has 100 valence electrons. The topological polar surface area (TPSA) is 32.3 Å². The van der Waals surface area contributed by atoms with Crippen LogP contribution in [0.2, 0.25) is 5.02 Å². The molecule has 0 aliphatic rings. The van der Waals surface area contributed by atoms with Gasteiger partial charge in [-0.1, -0.05) is 17.7 Å². The second kappa shape index (κ2) is 6.64. The van der Waals surface area contributed by atoms with E-state index in [1.54, 1.807) is 0 Å². The standard InChI is InChI=1S/C14H21ClN2O/c1-5-17(6-2)14(18)11(4)16-13-9-7-8-12(15)10(13)3/h7-9,11,16H,5-6H2,1-4H3. The van der Waals surface area contributed by atoms with Crippen molar-refractivity contribution in [3.8, 4) is 0 Å². The minimum Gasteiger partial charge on any atom is -0.374 e. The highest BCUT2D eigenvalue weighted by molar-refractivity contribution is 6.31. The molecule has 0 heterocycles. The van der Waals surface area contributed by atoms with E-state index in [-0.39, 0.29) is 11.9 Å². The number of carbonyl (C=O) groups excluding carboxylic acids is 1. The molecule has 1 aromatic carbocycles. The summed E-state index contributed by atoms with van der Waals surface area (Å²) in [7, 11) is 0. The van der Waals surface area contributed by atoms with Gasteiger partial charge in [-0.3, -0.25) is 4.79 Å². The van der Waals surface area contributed by atoms with E-state index < -0.39 is 0 Å². The third kappa shape index (κ3) is 3.39. The van der Waals surface area contributed by atoms with E-state index in [0.717, 1.165) is 24.3 Å². The van der Waals surface area contributed by atoms with Gasteiger partial charge in [0.2, 0.25) is 5.91 Å². The summed E-state index contributed by atoms with van der Waals surface area (Å²) in [5, 5.41) is 3.93. The number of hydrogen-bond acceptors (Lipinski definition) is 2. The Morgan fingerprint density at radius 2 is 2.00 bits per heavy atom. The van der Waals surface area contributed by atoms with Crippen molar-refractivity contribution in [3.63, 3.8) is 0 Å². The lowest BCUT2D eigenvalue weighted by atomic mass is 10.1. The van der Waals surface area contributed by atoms with E-state index in [2.05, 4.69) is 5.32 Å². The molecule has 0 bridgehead atoms. The third-order valence-corrected chi connectivity index (χ3v) is 3.49. The predicted octanol–water partition coefficient (Wildman–Crippen LogP) is 3.32. The number of nitrogens with one attached hydrogen (secondary N) is 1. The number of likely N-dealkylation sites (N-methyl/N-ethyl adjacent to an activating group) is 1. The quantitative estimate of drug-likeness (QED) is 0.889. The van der Waals surface area contributed by atoms with Crippen molar-refractivity contribution in [2.45, 2.75) is 33.7 Å². The van der Waals surface area contributed by atoms with Crippen LogP contribution in [-0.2, 0) is 4.79 Å². The number of carbonyl (C=O) groups is 1. The summed E-state index contributed by atoms with van der Waals surface area (Å²) in [5.74, 6) is 0.111. The second-order valence-electron chi connectivity index (χ2n) is 4.29. The highest BCUT2D eigenvalue weighted by Crippen LogP contribution is 2.23. The third-order valence-electron chi connectivity index (χ3n) is 3.09. The Hall–Kier alpha value is -1.22. The van der Waals surface area contributed by atoms with Crippen molar-refractivity contribution in [2.24, 2.45) is 0 Å². The summed E-state index contributed by atoms with van der Waals surface area (Å²) in [5.41, 5.74) is 1.88. The molecule has 0 spiro atoms. The molecule has 0 aliphatic heterocycles. The zero-order chi connectivity index (χ0) is 13.7. The Balaban J connectivity index is 2.78. The van der Waals surface area contributed by atoms with E-state index in [0.29, 0.717) is 5.02 Å². The van der Waals surface area contributed by atoms with Crippen molar-refractivity contribution in [1.82, 2.24) is 4.90 Å². The lowest BCUT2D eigenvalue weighted by molar-refractivity contribution is -0.131. The van der Waals surface area contributed by atoms with Crippen molar-refractivity contribution in [3.05, 3.63) is 28.8 Å². The van der Waals surface area contributed by atoms with Gasteiger partial charge in [0, 0.05) is 23.8 Å². The first-order valence-electron chi connectivity index (χ1n) is 6.31. The van der Waals surface area contributed by atoms with Crippen LogP contribution in [0.3, 0.4) is 0 Å². The molecule has 1 atom stereocenters. The lowest BCUT2D eigenvalue weighted by Gasteiger charge is -2.24. The van der Waals surface area contributed by atoms with Gasteiger partial charge < -0.3 is 10.2 Å². The molecule has 0 aliphatic carbocycles. The van der Waals surface area contributed by atoms with Gasteiger partial charge in [0.1, 0.15) is 6.04 Å². The molecule has 4 heteroatoms. The van der Waals surface area contributed by atoms with Gasteiger partial charge in [-0.05, 0) is 45.4 Å². The van der Waals surface area contributed by atoms with E-state index >= 15 is 0 Å². The van der Waals surface area contributed by atoms with Crippen LogP contribution in [0.5, 0.6) is 0 Å². The van der Waals surface area contributed by atoms with Crippen molar-refractivity contribution < 1.29 is 4.79 Å². The van der Waals surface area contributed by atoms with Gasteiger partial charge in [0.05, 0.1) is 0 Å². The Morgan fingerprint density at radius 1 is 1.39 bits per heavy atom. The molecule has 1 rings (SSSR count). The van der Waals surface area contributed by atoms with Gasteiger partial charge >= 0.3 is 0 Å². The van der Waals surface area contributed by atoms with E-state index in [1.807, 2.05) is 50.8 Å². The summed E-state index contributed by atoms with van der Waals surface area (Å²) < 4.78 is 0. The average Bonchev–Trinajstić information content (AvgIpc) is 2.36. The number of benzene rings is 1. The van der Waals surface area contributed by atoms with Crippen molar-refractivity contribution in [2.75, 3.05) is 18.4 Å². The summed E-state index contributed by atoms with van der Waals surface area (Å²) >= 11 is 6.06. The Labute approximate surface area is 114 Å². The first-order chi connectivity index (χ1) is 8.51. The van der Waals surface area contributed by atoms with Crippen LogP contribution in [-0.4, -0.2) is 29.9 Å². The molecule has 1 amide bonds. The molecule has 1 N–H and O–H groups in total. The maximum absolute atomic E-state index is 12.1. The number of nitrogens with zero attached hydrogens (tertiary/aromatic N) is 1. The summed E-state index contributed by atoms with van der Waals surface area (Å²) in [6.45, 7) is 9.25. The van der Waals surface area contributed by atoms with Gasteiger partial charge in [-0.15, -0.1) is 0 Å². The monoisotopic (exact) mass is 268 g/mol. The van der Waals surface area contributed by atoms with E-state index in [1.165, 1.54) is 0 Å². The molecule has 0 saturated heterocycles. The van der Waals surface area contributed by atoms with Crippen molar-refractivity contribution >= 4 is 23.2 Å². The number of amides is 1. The molecular weight excluding hydrogens is 248 g/mol. The number of anilines is 1. The molecule has 0 radical (unpaired) electrons.